The number of unbranched alkanes of at least 4 members (excludes halogenated alkanes) is 1. The van der Waals surface area contributed by atoms with Crippen LogP contribution in [0.5, 0.6) is 0 Å². The van der Waals surface area contributed by atoms with E-state index in [1.165, 1.54) is 17.7 Å². The van der Waals surface area contributed by atoms with Crippen LogP contribution in [0.2, 0.25) is 0 Å². The van der Waals surface area contributed by atoms with E-state index < -0.39 is 11.2 Å². The zero-order valence-electron chi connectivity index (χ0n) is 14.4. The standard InChI is InChI=1S/C18H15N5OS3/c1-2-3-6-27(24)18-14-13-10(11-8-19-9-21-15(11)23-14)7-12(22-17(13)26-18)16-20-4-5-25-16/h4-5,7-9H,2-3,6H2,1H3,(H,19,21,23). The SMILES string of the molecule is CCCC[S+]([O-])c1sc2nc(-c3nccs3)cc3c2c1Nc1ncncc1-3. The predicted molar refractivity (Wildman–Crippen MR) is 111 cm³/mol. The molecule has 4 aromatic rings. The van der Waals surface area contributed by atoms with E-state index in [4.69, 9.17) is 4.98 Å². The molecule has 6 nitrogen and oxygen atoms in total. The monoisotopic (exact) mass is 413 g/mol. The molecule has 0 radical (unpaired) electrons. The van der Waals surface area contributed by atoms with Gasteiger partial charge in [0.05, 0.1) is 0 Å². The van der Waals surface area contributed by atoms with E-state index in [2.05, 4.69) is 27.2 Å². The van der Waals surface area contributed by atoms with Crippen molar-refractivity contribution in [2.24, 2.45) is 0 Å². The second-order valence-corrected chi connectivity index (χ2v) is 9.81. The van der Waals surface area contributed by atoms with Gasteiger partial charge in [0.1, 0.15) is 39.1 Å². The van der Waals surface area contributed by atoms with Crippen molar-refractivity contribution in [2.45, 2.75) is 24.0 Å². The molecule has 5 rings (SSSR count). The summed E-state index contributed by atoms with van der Waals surface area (Å²) in [7, 11) is 0. The molecule has 1 aliphatic heterocycles. The summed E-state index contributed by atoms with van der Waals surface area (Å²) >= 11 is 1.99. The maximum Gasteiger partial charge on any atom is 0.233 e. The summed E-state index contributed by atoms with van der Waals surface area (Å²) in [5.41, 5.74) is 3.65. The zero-order chi connectivity index (χ0) is 18.4. The molecular weight excluding hydrogens is 398 g/mol. The molecule has 0 aromatic carbocycles. The van der Waals surface area contributed by atoms with Crippen LogP contribution in [0.1, 0.15) is 19.8 Å². The van der Waals surface area contributed by atoms with Crippen LogP contribution in [0.25, 0.3) is 32.0 Å². The fourth-order valence-electron chi connectivity index (χ4n) is 3.14. The molecule has 1 atom stereocenters. The third kappa shape index (κ3) is 2.82. The molecule has 0 amide bonds. The molecule has 1 aliphatic rings. The minimum Gasteiger partial charge on any atom is -0.611 e. The number of thiazole rings is 1. The first-order chi connectivity index (χ1) is 13.3. The molecule has 1 unspecified atom stereocenters. The summed E-state index contributed by atoms with van der Waals surface area (Å²) < 4.78 is 13.8. The van der Waals surface area contributed by atoms with Gasteiger partial charge >= 0.3 is 0 Å². The molecule has 5 heterocycles. The second-order valence-electron chi connectivity index (χ2n) is 6.15. The molecule has 0 bridgehead atoms. The van der Waals surface area contributed by atoms with Gasteiger partial charge in [-0.2, -0.15) is 0 Å². The lowest BCUT2D eigenvalue weighted by molar-refractivity contribution is 0.594. The van der Waals surface area contributed by atoms with Crippen LogP contribution < -0.4 is 5.32 Å². The van der Waals surface area contributed by atoms with Gasteiger partial charge in [0, 0.05) is 34.3 Å². The smallest absolute Gasteiger partial charge is 0.233 e. The third-order valence-electron chi connectivity index (χ3n) is 4.42. The maximum absolute atomic E-state index is 12.9. The lowest BCUT2D eigenvalue weighted by Crippen LogP contribution is -2.09. The molecule has 0 aliphatic carbocycles. The molecule has 0 saturated heterocycles. The number of rotatable bonds is 5. The van der Waals surface area contributed by atoms with Crippen molar-refractivity contribution in [2.75, 3.05) is 11.1 Å². The fraction of sp³-hybridized carbons (Fsp3) is 0.222. The summed E-state index contributed by atoms with van der Waals surface area (Å²) in [5, 5.41) is 7.19. The Morgan fingerprint density at radius 3 is 3.00 bits per heavy atom. The number of anilines is 2. The van der Waals surface area contributed by atoms with E-state index >= 15 is 0 Å². The highest BCUT2D eigenvalue weighted by Crippen LogP contribution is 2.50. The van der Waals surface area contributed by atoms with Crippen LogP contribution in [0.4, 0.5) is 11.5 Å². The van der Waals surface area contributed by atoms with E-state index in [-0.39, 0.29) is 0 Å². The van der Waals surface area contributed by atoms with Crippen LogP contribution >= 0.6 is 22.7 Å². The van der Waals surface area contributed by atoms with Crippen LogP contribution in [-0.2, 0) is 11.2 Å². The molecule has 27 heavy (non-hydrogen) atoms. The highest BCUT2D eigenvalue weighted by atomic mass is 32.2. The van der Waals surface area contributed by atoms with Gasteiger partial charge < -0.3 is 9.87 Å². The first-order valence-corrected chi connectivity index (χ1v) is 11.6. The van der Waals surface area contributed by atoms with Gasteiger partial charge in [-0.15, -0.1) is 11.3 Å². The molecule has 0 fully saturated rings. The average molecular weight is 414 g/mol. The van der Waals surface area contributed by atoms with Gasteiger partial charge in [0.15, 0.2) is 0 Å². The van der Waals surface area contributed by atoms with Crippen LogP contribution in [-0.4, -0.2) is 30.2 Å². The normalized spacial score (nSPS) is 13.4. The van der Waals surface area contributed by atoms with Gasteiger partial charge in [-0.3, -0.25) is 0 Å². The van der Waals surface area contributed by atoms with Crippen molar-refractivity contribution in [1.29, 1.82) is 0 Å². The Morgan fingerprint density at radius 2 is 2.19 bits per heavy atom. The van der Waals surface area contributed by atoms with Crippen molar-refractivity contribution in [3.8, 4) is 21.8 Å². The number of thiophene rings is 1. The first-order valence-electron chi connectivity index (χ1n) is 8.59. The Bertz CT molecular complexity index is 1130. The van der Waals surface area contributed by atoms with E-state index in [9.17, 15) is 4.55 Å². The van der Waals surface area contributed by atoms with Crippen molar-refractivity contribution in [1.82, 2.24) is 19.9 Å². The molecule has 0 saturated carbocycles. The minimum absolute atomic E-state index is 0.656. The van der Waals surface area contributed by atoms with Crippen molar-refractivity contribution in [3.05, 3.63) is 30.2 Å². The Labute approximate surface area is 166 Å². The summed E-state index contributed by atoms with van der Waals surface area (Å²) in [5.74, 6) is 1.39. The van der Waals surface area contributed by atoms with Gasteiger partial charge in [0.2, 0.25) is 4.21 Å². The maximum atomic E-state index is 12.9. The number of aromatic nitrogens is 4. The molecule has 4 aromatic heterocycles. The summed E-state index contributed by atoms with van der Waals surface area (Å²) in [6.45, 7) is 2.11. The van der Waals surface area contributed by atoms with Crippen molar-refractivity contribution < 1.29 is 4.55 Å². The highest BCUT2D eigenvalue weighted by molar-refractivity contribution is 7.93. The Hall–Kier alpha value is -2.07. The first kappa shape index (κ1) is 17.1. The van der Waals surface area contributed by atoms with Crippen LogP contribution in [0.3, 0.4) is 0 Å². The zero-order valence-corrected chi connectivity index (χ0v) is 16.9. The summed E-state index contributed by atoms with van der Waals surface area (Å²) in [6.07, 6.45) is 7.07. The lowest BCUT2D eigenvalue weighted by Gasteiger charge is -2.19. The number of nitrogens with zero attached hydrogens (tertiary/aromatic N) is 4. The second kappa shape index (κ2) is 6.83. The molecule has 0 spiro atoms. The quantitative estimate of drug-likeness (QED) is 0.415. The predicted octanol–water partition coefficient (Wildman–Crippen LogP) is 4.84. The number of hydrogen-bond donors (Lipinski definition) is 1. The average Bonchev–Trinajstić information content (AvgIpc) is 3.35. The van der Waals surface area contributed by atoms with Crippen LogP contribution in [0.15, 0.2) is 34.4 Å². The lowest BCUT2D eigenvalue weighted by atomic mass is 10.0. The van der Waals surface area contributed by atoms with E-state index in [1.54, 1.807) is 17.5 Å². The van der Waals surface area contributed by atoms with E-state index in [1.807, 2.05) is 17.6 Å². The number of pyridine rings is 1. The molecule has 1 N–H and O–H groups in total. The highest BCUT2D eigenvalue weighted by Gasteiger charge is 2.31. The minimum atomic E-state index is -1.06. The van der Waals surface area contributed by atoms with E-state index in [0.717, 1.165) is 60.6 Å². The van der Waals surface area contributed by atoms with Gasteiger partial charge in [-0.25, -0.2) is 19.9 Å². The third-order valence-corrected chi connectivity index (χ3v) is 8.18. The van der Waals surface area contributed by atoms with Crippen molar-refractivity contribution >= 4 is 55.6 Å². The molecule has 9 heteroatoms. The summed E-state index contributed by atoms with van der Waals surface area (Å²) in [4.78, 5) is 18.7. The largest absolute Gasteiger partial charge is 0.611 e. The number of nitrogens with one attached hydrogen (secondary N) is 1. The topological polar surface area (TPSA) is 86.7 Å². The van der Waals surface area contributed by atoms with Crippen molar-refractivity contribution in [3.63, 3.8) is 0 Å². The van der Waals surface area contributed by atoms with Crippen LogP contribution in [0, 0.1) is 0 Å². The Kier molecular flexibility index (Phi) is 4.31. The molecular formula is C18H15N5OS3. The number of fused-ring (bicyclic) bond motifs is 2. The van der Waals surface area contributed by atoms with Gasteiger partial charge in [-0.05, 0) is 23.7 Å². The Morgan fingerprint density at radius 1 is 1.26 bits per heavy atom. The fourth-order valence-corrected chi connectivity index (χ4v) is 6.60. The number of hydrogen-bond acceptors (Lipinski definition) is 8. The van der Waals surface area contributed by atoms with Gasteiger partial charge in [0.25, 0.3) is 0 Å². The summed E-state index contributed by atoms with van der Waals surface area (Å²) in [6, 6.07) is 2.04. The molecule has 136 valence electrons. The van der Waals surface area contributed by atoms with E-state index in [0.29, 0.717) is 5.75 Å². The van der Waals surface area contributed by atoms with Gasteiger partial charge in [-0.1, -0.05) is 24.7 Å². The Balaban J connectivity index is 1.76.